The van der Waals surface area contributed by atoms with Crippen LogP contribution in [0, 0.1) is 0 Å². The van der Waals surface area contributed by atoms with Crippen LogP contribution in [0.3, 0.4) is 0 Å². The highest BCUT2D eigenvalue weighted by Gasteiger charge is 2.39. The Bertz CT molecular complexity index is 574. The molecule has 0 N–H and O–H groups in total. The molecule has 3 rings (SSSR count). The maximum absolute atomic E-state index is 12.3. The van der Waals surface area contributed by atoms with Crippen molar-refractivity contribution in [2.45, 2.75) is 25.7 Å². The molecule has 1 heterocycles. The molecule has 1 aromatic rings. The number of amides is 2. The Morgan fingerprint density at radius 2 is 1.32 bits per heavy atom. The van der Waals surface area contributed by atoms with Crippen LogP contribution in [0.2, 0.25) is 10.0 Å². The monoisotopic (exact) mass is 295 g/mol. The third kappa shape index (κ3) is 2.07. The number of hydrogen-bond donors (Lipinski definition) is 0. The van der Waals surface area contributed by atoms with Crippen LogP contribution in [0.4, 0.5) is 5.69 Å². The van der Waals surface area contributed by atoms with Gasteiger partial charge in [0.2, 0.25) is 0 Å². The summed E-state index contributed by atoms with van der Waals surface area (Å²) in [5, 5.41) is 0.820. The highest BCUT2D eigenvalue weighted by Crippen LogP contribution is 2.37. The molecule has 19 heavy (non-hydrogen) atoms. The molecule has 0 saturated heterocycles. The van der Waals surface area contributed by atoms with Crippen LogP contribution < -0.4 is 4.90 Å². The van der Waals surface area contributed by atoms with Gasteiger partial charge in [0.1, 0.15) is 0 Å². The predicted molar refractivity (Wildman–Crippen MR) is 74.4 cm³/mol. The Morgan fingerprint density at radius 3 is 1.79 bits per heavy atom. The zero-order chi connectivity index (χ0) is 13.6. The van der Waals surface area contributed by atoms with Crippen LogP contribution >= 0.6 is 23.2 Å². The van der Waals surface area contributed by atoms with Crippen LogP contribution in [0.25, 0.3) is 0 Å². The van der Waals surface area contributed by atoms with Gasteiger partial charge in [-0.1, -0.05) is 23.2 Å². The largest absolute Gasteiger partial charge is 0.269 e. The number of anilines is 1. The number of carbonyl (C=O) groups excluding carboxylic acids is 2. The summed E-state index contributed by atoms with van der Waals surface area (Å²) < 4.78 is 0. The van der Waals surface area contributed by atoms with E-state index in [9.17, 15) is 9.59 Å². The molecule has 0 aromatic heterocycles. The lowest BCUT2D eigenvalue weighted by Gasteiger charge is -2.15. The normalized spacial score (nSPS) is 19.2. The Morgan fingerprint density at radius 1 is 0.842 bits per heavy atom. The molecule has 0 fully saturated rings. The highest BCUT2D eigenvalue weighted by molar-refractivity contribution is 6.37. The minimum Gasteiger partial charge on any atom is -0.269 e. The molecule has 2 aliphatic rings. The quantitative estimate of drug-likeness (QED) is 0.740. The van der Waals surface area contributed by atoms with E-state index in [1.807, 2.05) is 0 Å². The van der Waals surface area contributed by atoms with Crippen LogP contribution in [-0.4, -0.2) is 11.8 Å². The Labute approximate surface area is 120 Å². The van der Waals surface area contributed by atoms with Gasteiger partial charge in [0.25, 0.3) is 11.8 Å². The molecule has 2 amide bonds. The number of hydrogen-bond acceptors (Lipinski definition) is 2. The van der Waals surface area contributed by atoms with Gasteiger partial charge in [0.05, 0.1) is 5.69 Å². The second-order valence-electron chi connectivity index (χ2n) is 4.74. The Kier molecular flexibility index (Phi) is 3.11. The van der Waals surface area contributed by atoms with E-state index in [4.69, 9.17) is 23.2 Å². The van der Waals surface area contributed by atoms with Crippen molar-refractivity contribution < 1.29 is 9.59 Å². The molecule has 98 valence electrons. The van der Waals surface area contributed by atoms with Gasteiger partial charge in [-0.3, -0.25) is 9.59 Å². The highest BCUT2D eigenvalue weighted by atomic mass is 35.5. The summed E-state index contributed by atoms with van der Waals surface area (Å²) in [6.45, 7) is 0. The second-order valence-corrected chi connectivity index (χ2v) is 5.61. The number of benzene rings is 1. The molecule has 3 nitrogen and oxygen atoms in total. The molecular formula is C14H11Cl2NO2. The average molecular weight is 296 g/mol. The Hall–Kier alpha value is -1.32. The summed E-state index contributed by atoms with van der Waals surface area (Å²) in [7, 11) is 0. The topological polar surface area (TPSA) is 37.4 Å². The molecule has 0 spiro atoms. The van der Waals surface area contributed by atoms with Crippen LogP contribution in [0.5, 0.6) is 0 Å². The maximum Gasteiger partial charge on any atom is 0.261 e. The van der Waals surface area contributed by atoms with Crippen molar-refractivity contribution in [3.05, 3.63) is 39.4 Å². The molecule has 0 radical (unpaired) electrons. The molecule has 0 saturated carbocycles. The molecule has 0 atom stereocenters. The first-order valence-corrected chi connectivity index (χ1v) is 6.90. The average Bonchev–Trinajstić information content (AvgIpc) is 2.61. The van der Waals surface area contributed by atoms with Crippen molar-refractivity contribution in [3.8, 4) is 0 Å². The lowest BCUT2D eigenvalue weighted by molar-refractivity contribution is -0.120. The van der Waals surface area contributed by atoms with Gasteiger partial charge in [0.15, 0.2) is 0 Å². The molecule has 1 aromatic carbocycles. The van der Waals surface area contributed by atoms with Crippen molar-refractivity contribution in [2.24, 2.45) is 0 Å². The van der Waals surface area contributed by atoms with Crippen molar-refractivity contribution in [2.75, 3.05) is 4.90 Å². The third-order valence-corrected chi connectivity index (χ3v) is 3.93. The Balaban J connectivity index is 2.04. The van der Waals surface area contributed by atoms with Crippen molar-refractivity contribution in [1.82, 2.24) is 0 Å². The summed E-state index contributed by atoms with van der Waals surface area (Å²) in [4.78, 5) is 25.9. The van der Waals surface area contributed by atoms with E-state index >= 15 is 0 Å². The van der Waals surface area contributed by atoms with E-state index < -0.39 is 0 Å². The van der Waals surface area contributed by atoms with Crippen LogP contribution in [0.15, 0.2) is 29.3 Å². The van der Waals surface area contributed by atoms with Gasteiger partial charge in [-0.15, -0.1) is 0 Å². The predicted octanol–water partition coefficient (Wildman–Crippen LogP) is 3.74. The first-order valence-electron chi connectivity index (χ1n) is 6.15. The summed E-state index contributed by atoms with van der Waals surface area (Å²) in [5.41, 5.74) is 1.77. The zero-order valence-corrected chi connectivity index (χ0v) is 11.6. The lowest BCUT2D eigenvalue weighted by atomic mass is 9.93. The number of nitrogens with zero attached hydrogens (tertiary/aromatic N) is 1. The van der Waals surface area contributed by atoms with Gasteiger partial charge >= 0.3 is 0 Å². The molecule has 0 unspecified atom stereocenters. The van der Waals surface area contributed by atoms with Crippen molar-refractivity contribution in [1.29, 1.82) is 0 Å². The maximum atomic E-state index is 12.3. The summed E-state index contributed by atoms with van der Waals surface area (Å²) in [5.74, 6) is -0.448. The van der Waals surface area contributed by atoms with Gasteiger partial charge < -0.3 is 0 Å². The smallest absolute Gasteiger partial charge is 0.261 e. The van der Waals surface area contributed by atoms with Crippen LogP contribution in [0.1, 0.15) is 25.7 Å². The SMILES string of the molecule is O=C1C2=C(CCCC2)C(=O)N1c1cc(Cl)cc(Cl)c1. The summed E-state index contributed by atoms with van der Waals surface area (Å²) in [6, 6.07) is 4.74. The van der Waals surface area contributed by atoms with Gasteiger partial charge in [-0.25, -0.2) is 4.90 Å². The number of imide groups is 1. The first kappa shape index (κ1) is 12.7. The van der Waals surface area contributed by atoms with E-state index in [2.05, 4.69) is 0 Å². The number of rotatable bonds is 1. The van der Waals surface area contributed by atoms with E-state index in [1.54, 1.807) is 18.2 Å². The fourth-order valence-corrected chi connectivity index (χ4v) is 3.16. The fourth-order valence-electron chi connectivity index (χ4n) is 2.64. The molecule has 1 aliphatic heterocycles. The molecule has 0 bridgehead atoms. The van der Waals surface area contributed by atoms with Crippen molar-refractivity contribution in [3.63, 3.8) is 0 Å². The number of carbonyl (C=O) groups is 2. The third-order valence-electron chi connectivity index (χ3n) is 3.50. The fraction of sp³-hybridized carbons (Fsp3) is 0.286. The van der Waals surface area contributed by atoms with Crippen LogP contribution in [-0.2, 0) is 9.59 Å². The standard InChI is InChI=1S/C14H11Cl2NO2/c15-8-5-9(16)7-10(6-8)17-13(18)11-3-1-2-4-12(11)14(17)19/h5-7H,1-4H2. The minimum atomic E-state index is -0.224. The van der Waals surface area contributed by atoms with E-state index in [0.29, 0.717) is 39.7 Å². The van der Waals surface area contributed by atoms with Gasteiger partial charge in [-0.05, 0) is 43.9 Å². The second kappa shape index (κ2) is 4.66. The van der Waals surface area contributed by atoms with E-state index in [0.717, 1.165) is 12.8 Å². The first-order chi connectivity index (χ1) is 9.08. The minimum absolute atomic E-state index is 0.224. The zero-order valence-electron chi connectivity index (χ0n) is 10.1. The lowest BCUT2D eigenvalue weighted by Crippen LogP contribution is -2.31. The molecular weight excluding hydrogens is 285 g/mol. The number of halogens is 2. The van der Waals surface area contributed by atoms with Gasteiger partial charge in [0, 0.05) is 21.2 Å². The van der Waals surface area contributed by atoms with E-state index in [1.165, 1.54) is 4.90 Å². The van der Waals surface area contributed by atoms with Gasteiger partial charge in [-0.2, -0.15) is 0 Å². The van der Waals surface area contributed by atoms with Crippen molar-refractivity contribution >= 4 is 40.7 Å². The summed E-state index contributed by atoms with van der Waals surface area (Å²) in [6.07, 6.45) is 3.29. The summed E-state index contributed by atoms with van der Waals surface area (Å²) >= 11 is 11.9. The molecule has 1 aliphatic carbocycles. The molecule has 5 heteroatoms. The van der Waals surface area contributed by atoms with E-state index in [-0.39, 0.29) is 11.8 Å².